The van der Waals surface area contributed by atoms with E-state index in [4.69, 9.17) is 10.5 Å². The van der Waals surface area contributed by atoms with Gasteiger partial charge in [-0.25, -0.2) is 0 Å². The number of hydrogen-bond acceptors (Lipinski definition) is 3. The van der Waals surface area contributed by atoms with Gasteiger partial charge in [0.25, 0.3) is 0 Å². The lowest BCUT2D eigenvalue weighted by Gasteiger charge is -2.15. The number of hydrogen-bond donors (Lipinski definition) is 1. The van der Waals surface area contributed by atoms with Gasteiger partial charge in [0.05, 0.1) is 7.11 Å². The van der Waals surface area contributed by atoms with E-state index in [2.05, 4.69) is 19.1 Å². The molecule has 90 valence electrons. The second-order valence-corrected chi connectivity index (χ2v) is 5.04. The highest BCUT2D eigenvalue weighted by atomic mass is 32.2. The number of rotatable bonds is 7. The Kier molecular flexibility index (Phi) is 6.34. The van der Waals surface area contributed by atoms with E-state index >= 15 is 0 Å². The van der Waals surface area contributed by atoms with Crippen molar-refractivity contribution >= 4 is 11.8 Å². The Hall–Kier alpha value is -0.670. The fraction of sp³-hybridized carbons (Fsp3) is 0.538. The molecule has 0 aliphatic carbocycles. The molecule has 1 aromatic rings. The van der Waals surface area contributed by atoms with Crippen LogP contribution < -0.4 is 10.5 Å². The minimum atomic E-state index is 0.390. The van der Waals surface area contributed by atoms with Crippen molar-refractivity contribution in [3.05, 3.63) is 29.8 Å². The smallest absolute Gasteiger partial charge is 0.119 e. The summed E-state index contributed by atoms with van der Waals surface area (Å²) in [5.74, 6) is 2.09. The Labute approximate surface area is 103 Å². The summed E-state index contributed by atoms with van der Waals surface area (Å²) < 4.78 is 5.23. The zero-order chi connectivity index (χ0) is 11.8. The SMILES string of the molecule is CCCCSC(CN)c1cccc(OC)c1. The van der Waals surface area contributed by atoms with E-state index in [0.29, 0.717) is 11.8 Å². The van der Waals surface area contributed by atoms with Crippen LogP contribution in [0.2, 0.25) is 0 Å². The van der Waals surface area contributed by atoms with E-state index in [-0.39, 0.29) is 0 Å². The van der Waals surface area contributed by atoms with Crippen LogP contribution >= 0.6 is 11.8 Å². The first-order valence-electron chi connectivity index (χ1n) is 5.77. The molecule has 2 N–H and O–H groups in total. The van der Waals surface area contributed by atoms with Gasteiger partial charge in [0.15, 0.2) is 0 Å². The lowest BCUT2D eigenvalue weighted by atomic mass is 10.1. The van der Waals surface area contributed by atoms with Gasteiger partial charge in [-0.05, 0) is 29.9 Å². The molecule has 0 aliphatic rings. The first-order chi connectivity index (χ1) is 7.81. The molecular formula is C13H21NOS. The third-order valence-corrected chi connectivity index (χ3v) is 3.89. The minimum absolute atomic E-state index is 0.390. The second kappa shape index (κ2) is 7.58. The summed E-state index contributed by atoms with van der Waals surface area (Å²) in [5.41, 5.74) is 7.08. The van der Waals surface area contributed by atoms with Crippen LogP contribution in [-0.4, -0.2) is 19.4 Å². The van der Waals surface area contributed by atoms with Crippen molar-refractivity contribution in [2.45, 2.75) is 25.0 Å². The molecule has 0 amide bonds. The predicted octanol–water partition coefficient (Wildman–Crippen LogP) is 3.23. The van der Waals surface area contributed by atoms with Gasteiger partial charge in [-0.2, -0.15) is 11.8 Å². The van der Waals surface area contributed by atoms with Crippen molar-refractivity contribution < 1.29 is 4.74 Å². The van der Waals surface area contributed by atoms with Crippen LogP contribution in [0.5, 0.6) is 5.75 Å². The van der Waals surface area contributed by atoms with E-state index in [1.165, 1.54) is 24.2 Å². The van der Waals surface area contributed by atoms with Gasteiger partial charge in [0.2, 0.25) is 0 Å². The van der Waals surface area contributed by atoms with Crippen LogP contribution in [0.4, 0.5) is 0 Å². The van der Waals surface area contributed by atoms with Crippen LogP contribution in [0.15, 0.2) is 24.3 Å². The van der Waals surface area contributed by atoms with Gasteiger partial charge in [0.1, 0.15) is 5.75 Å². The third-order valence-electron chi connectivity index (χ3n) is 2.50. The molecule has 1 aromatic carbocycles. The normalized spacial score (nSPS) is 12.4. The predicted molar refractivity (Wildman–Crippen MR) is 72.2 cm³/mol. The highest BCUT2D eigenvalue weighted by molar-refractivity contribution is 7.99. The molecule has 2 nitrogen and oxygen atoms in total. The summed E-state index contributed by atoms with van der Waals surface area (Å²) in [4.78, 5) is 0. The maximum absolute atomic E-state index is 5.82. The monoisotopic (exact) mass is 239 g/mol. The summed E-state index contributed by atoms with van der Waals surface area (Å²) in [6.45, 7) is 2.89. The summed E-state index contributed by atoms with van der Waals surface area (Å²) in [7, 11) is 1.70. The molecular weight excluding hydrogens is 218 g/mol. The highest BCUT2D eigenvalue weighted by Gasteiger charge is 2.10. The summed E-state index contributed by atoms with van der Waals surface area (Å²) in [6, 6.07) is 8.19. The van der Waals surface area contributed by atoms with Gasteiger partial charge in [-0.1, -0.05) is 25.5 Å². The van der Waals surface area contributed by atoms with Crippen molar-refractivity contribution in [2.24, 2.45) is 5.73 Å². The zero-order valence-corrected chi connectivity index (χ0v) is 10.9. The summed E-state index contributed by atoms with van der Waals surface area (Å²) in [6.07, 6.45) is 2.49. The Bertz CT molecular complexity index is 304. The number of benzene rings is 1. The Morgan fingerprint density at radius 3 is 2.88 bits per heavy atom. The molecule has 0 saturated heterocycles. The van der Waals surface area contributed by atoms with Crippen molar-refractivity contribution in [1.29, 1.82) is 0 Å². The summed E-state index contributed by atoms with van der Waals surface area (Å²) >= 11 is 1.94. The number of methoxy groups -OCH3 is 1. The molecule has 1 unspecified atom stereocenters. The molecule has 0 spiro atoms. The van der Waals surface area contributed by atoms with Gasteiger partial charge in [0, 0.05) is 11.8 Å². The van der Waals surface area contributed by atoms with E-state index in [0.717, 1.165) is 5.75 Å². The third kappa shape index (κ3) is 4.06. The maximum atomic E-state index is 5.82. The Morgan fingerprint density at radius 2 is 2.25 bits per heavy atom. The first-order valence-corrected chi connectivity index (χ1v) is 6.82. The molecule has 1 atom stereocenters. The van der Waals surface area contributed by atoms with E-state index in [1.807, 2.05) is 23.9 Å². The molecule has 0 heterocycles. The lowest BCUT2D eigenvalue weighted by molar-refractivity contribution is 0.414. The van der Waals surface area contributed by atoms with Crippen LogP contribution in [0.25, 0.3) is 0 Å². The van der Waals surface area contributed by atoms with E-state index in [9.17, 15) is 0 Å². The minimum Gasteiger partial charge on any atom is -0.497 e. The largest absolute Gasteiger partial charge is 0.497 e. The van der Waals surface area contributed by atoms with Gasteiger partial charge >= 0.3 is 0 Å². The maximum Gasteiger partial charge on any atom is 0.119 e. The number of unbranched alkanes of at least 4 members (excludes halogenated alkanes) is 1. The molecule has 0 radical (unpaired) electrons. The number of nitrogens with two attached hydrogens (primary N) is 1. The standard InChI is InChI=1S/C13H21NOS/c1-3-4-8-16-13(10-14)11-6-5-7-12(9-11)15-2/h5-7,9,13H,3-4,8,10,14H2,1-2H3. The first kappa shape index (κ1) is 13.4. The molecule has 0 fully saturated rings. The lowest BCUT2D eigenvalue weighted by Crippen LogP contribution is -2.10. The van der Waals surface area contributed by atoms with Crippen LogP contribution in [0.1, 0.15) is 30.6 Å². The van der Waals surface area contributed by atoms with Crippen LogP contribution in [-0.2, 0) is 0 Å². The molecule has 3 heteroatoms. The van der Waals surface area contributed by atoms with Crippen molar-refractivity contribution in [2.75, 3.05) is 19.4 Å². The molecule has 0 saturated carbocycles. The van der Waals surface area contributed by atoms with Crippen molar-refractivity contribution in [3.8, 4) is 5.75 Å². The van der Waals surface area contributed by atoms with Crippen LogP contribution in [0, 0.1) is 0 Å². The highest BCUT2D eigenvalue weighted by Crippen LogP contribution is 2.30. The Balaban J connectivity index is 2.62. The topological polar surface area (TPSA) is 35.2 Å². The van der Waals surface area contributed by atoms with Gasteiger partial charge < -0.3 is 10.5 Å². The fourth-order valence-electron chi connectivity index (χ4n) is 1.51. The van der Waals surface area contributed by atoms with Crippen molar-refractivity contribution in [3.63, 3.8) is 0 Å². The quantitative estimate of drug-likeness (QED) is 0.742. The van der Waals surface area contributed by atoms with Gasteiger partial charge in [-0.3, -0.25) is 0 Å². The second-order valence-electron chi connectivity index (χ2n) is 3.73. The van der Waals surface area contributed by atoms with Crippen molar-refractivity contribution in [1.82, 2.24) is 0 Å². The van der Waals surface area contributed by atoms with E-state index < -0.39 is 0 Å². The number of ether oxygens (including phenoxy) is 1. The fourth-order valence-corrected chi connectivity index (χ4v) is 2.73. The zero-order valence-electron chi connectivity index (χ0n) is 10.1. The molecule has 0 aromatic heterocycles. The van der Waals surface area contributed by atoms with E-state index in [1.54, 1.807) is 7.11 Å². The molecule has 0 aliphatic heterocycles. The summed E-state index contributed by atoms with van der Waals surface area (Å²) in [5, 5.41) is 0.390. The average Bonchev–Trinajstić information content (AvgIpc) is 2.35. The molecule has 16 heavy (non-hydrogen) atoms. The molecule has 1 rings (SSSR count). The van der Waals surface area contributed by atoms with Gasteiger partial charge in [-0.15, -0.1) is 0 Å². The van der Waals surface area contributed by atoms with Crippen LogP contribution in [0.3, 0.4) is 0 Å². The molecule has 0 bridgehead atoms. The Morgan fingerprint density at radius 1 is 1.44 bits per heavy atom. The number of thioether (sulfide) groups is 1. The average molecular weight is 239 g/mol.